The van der Waals surface area contributed by atoms with Gasteiger partial charge in [0, 0.05) is 160 Å². The van der Waals surface area contributed by atoms with Crippen molar-refractivity contribution in [3.05, 3.63) is 233 Å². The van der Waals surface area contributed by atoms with Crippen molar-refractivity contribution in [1.82, 2.24) is 74.0 Å². The van der Waals surface area contributed by atoms with Crippen molar-refractivity contribution in [2.75, 3.05) is 44.6 Å². The maximum absolute atomic E-state index is 12.9. The van der Waals surface area contributed by atoms with Crippen molar-refractivity contribution in [3.63, 3.8) is 0 Å². The number of fused-ring (bicyclic) bond motifs is 9. The predicted molar refractivity (Wildman–Crippen MR) is 449 cm³/mol. The number of imidazole rings is 3. The number of hydrogen-bond donors (Lipinski definition) is 7. The highest BCUT2D eigenvalue weighted by molar-refractivity contribution is 6.00. The average molecular weight is 1600 g/mol. The SMILES string of the molecule is COCC(=O)NC12CCC(c3nc(-c4ccc(C(=O)Cc5cc(C)ccn5)cc4)c4c(N)nccn34)(CC1)C2.COCCC(=O)NC12CCC(c3nc(-c4ccc(C(=O)Cc5cc(C)ccn5)cc4)c4c(N)nccn34)(CC1)C2.Cc1ccnc(CC(=O)c2ccc(-c3nc(C45CCC(NC(=O)C6(O)CC6)(CC4)C5)n4ccnc(N)c34)cc2)c1. The molecule has 119 heavy (non-hydrogen) atoms. The highest BCUT2D eigenvalue weighted by Gasteiger charge is 2.61. The number of amides is 3. The van der Waals surface area contributed by atoms with E-state index in [4.69, 9.17) is 41.6 Å². The molecule has 27 heteroatoms. The molecule has 0 spiro atoms. The van der Waals surface area contributed by atoms with Crippen LogP contribution in [-0.4, -0.2) is 148 Å². The number of pyridine rings is 3. The Morgan fingerprint density at radius 3 is 1.03 bits per heavy atom. The summed E-state index contributed by atoms with van der Waals surface area (Å²) >= 11 is 0. The number of aromatic nitrogens is 12. The Morgan fingerprint density at radius 1 is 0.403 bits per heavy atom. The molecule has 0 aliphatic heterocycles. The summed E-state index contributed by atoms with van der Waals surface area (Å²) in [6.07, 6.45) is 31.6. The van der Waals surface area contributed by atoms with Crippen molar-refractivity contribution in [2.24, 2.45) is 0 Å². The summed E-state index contributed by atoms with van der Waals surface area (Å²) in [5.41, 5.74) is 31.3. The first-order valence-electron chi connectivity index (χ1n) is 41.0. The van der Waals surface area contributed by atoms with E-state index in [0.717, 1.165) is 198 Å². The van der Waals surface area contributed by atoms with Crippen molar-refractivity contribution in [1.29, 1.82) is 0 Å². The van der Waals surface area contributed by atoms with Crippen LogP contribution in [0.2, 0.25) is 0 Å². The molecule has 7 aliphatic carbocycles. The van der Waals surface area contributed by atoms with Crippen LogP contribution in [0.3, 0.4) is 0 Å². The van der Waals surface area contributed by atoms with Crippen LogP contribution < -0.4 is 33.2 Å². The number of benzene rings is 3. The van der Waals surface area contributed by atoms with Gasteiger partial charge in [-0.1, -0.05) is 72.8 Å². The number of nitrogens with two attached hydrogens (primary N) is 3. The summed E-state index contributed by atoms with van der Waals surface area (Å²) in [7, 11) is 3.14. The number of aryl methyl sites for hydroxylation is 3. The van der Waals surface area contributed by atoms with Crippen molar-refractivity contribution in [2.45, 2.75) is 194 Å². The van der Waals surface area contributed by atoms with Crippen LogP contribution in [0.15, 0.2) is 165 Å². The van der Waals surface area contributed by atoms with E-state index in [1.165, 1.54) is 7.11 Å². The van der Waals surface area contributed by atoms with Gasteiger partial charge in [0.05, 0.1) is 25.9 Å². The largest absolute Gasteiger partial charge is 0.384 e. The van der Waals surface area contributed by atoms with E-state index in [1.807, 2.05) is 149 Å². The van der Waals surface area contributed by atoms with Crippen LogP contribution in [0, 0.1) is 20.8 Å². The lowest BCUT2D eigenvalue weighted by atomic mass is 9.83. The Balaban J connectivity index is 0.000000128. The van der Waals surface area contributed by atoms with Crippen molar-refractivity contribution < 1.29 is 43.3 Å². The van der Waals surface area contributed by atoms with E-state index in [0.29, 0.717) is 60.0 Å². The van der Waals surface area contributed by atoms with Gasteiger partial charge in [-0.25, -0.2) is 29.9 Å². The van der Waals surface area contributed by atoms with E-state index in [1.54, 1.807) is 44.3 Å². The number of nitrogens with one attached hydrogen (secondary N) is 3. The fraction of sp³-hybridized carbons (Fsp3) is 0.380. The summed E-state index contributed by atoms with van der Waals surface area (Å²) in [6, 6.07) is 34.1. The number of anilines is 3. The third-order valence-corrected chi connectivity index (χ3v) is 26.2. The second kappa shape index (κ2) is 31.2. The molecule has 27 nitrogen and oxygen atoms in total. The average Bonchev–Trinajstić information content (AvgIpc) is 1.56. The first kappa shape index (κ1) is 79.2. The molecule has 3 aromatic carbocycles. The summed E-state index contributed by atoms with van der Waals surface area (Å²) in [6.45, 7) is 6.44. The summed E-state index contributed by atoms with van der Waals surface area (Å²) < 4.78 is 16.3. The van der Waals surface area contributed by atoms with Crippen molar-refractivity contribution in [3.8, 4) is 33.8 Å². The van der Waals surface area contributed by atoms with Gasteiger partial charge in [-0.3, -0.25) is 56.9 Å². The second-order valence-electron chi connectivity index (χ2n) is 34.4. The maximum atomic E-state index is 12.9. The second-order valence-corrected chi connectivity index (χ2v) is 34.4. The van der Waals surface area contributed by atoms with Crippen LogP contribution >= 0.6 is 0 Å². The highest BCUT2D eigenvalue weighted by atomic mass is 16.5. The van der Waals surface area contributed by atoms with E-state index in [-0.39, 0.29) is 93.8 Å². The third kappa shape index (κ3) is 15.3. The fourth-order valence-corrected chi connectivity index (χ4v) is 20.0. The van der Waals surface area contributed by atoms with E-state index < -0.39 is 5.60 Å². The zero-order valence-corrected chi connectivity index (χ0v) is 67.7. The molecule has 7 aliphatic rings. The number of carbonyl (C=O) groups excluding carboxylic acids is 6. The standard InChI is InChI=1S/C31H32N6O3.C31H34N6O3.C30H32N6O3/c1-19-6-13-33-22(16-19)17-23(38)20-2-4-21(5-3-20)24-25-26(32)34-14-15-37(25)27(35-24)29-7-9-30(18-29,10-8-29)36-28(39)31(40)11-12-31;1-20-7-13-33-23(17-20)18-24(38)21-3-5-22(6-4-21)26-27-28(32)34-14-15-37(27)29(35-26)30-9-11-31(19-30,12-10-30)36-25(39)8-16-40-2;1-19-7-12-32-22(15-19)16-23(37)20-3-5-21(6-4-20)25-26-27(31)33-13-14-36(26)28(34-25)29-8-10-30(18-29,11-9-29)35-24(38)17-39-2/h2-6,13-16,40H,7-12,17-18H2,1H3,(H2,32,34)(H,36,39);3-7,13-15,17H,8-12,16,18-19H2,1-2H3,(H2,32,34)(H,36,39);3-7,12-15H,8-11,16-18H2,1-2H3,(H2,31,33)(H,35,38). The Hall–Kier alpha value is -12.3. The molecule has 6 bridgehead atoms. The topological polar surface area (TPSA) is 384 Å². The van der Waals surface area contributed by atoms with Crippen LogP contribution in [0.4, 0.5) is 17.5 Å². The minimum absolute atomic E-state index is 0.00580. The minimum atomic E-state index is -1.18. The summed E-state index contributed by atoms with van der Waals surface area (Å²) in [4.78, 5) is 118. The Kier molecular flexibility index (Phi) is 20.7. The lowest BCUT2D eigenvalue weighted by Crippen LogP contribution is -2.50. The van der Waals surface area contributed by atoms with E-state index >= 15 is 0 Å². The number of nitrogens with zero attached hydrogens (tertiary/aromatic N) is 12. The summed E-state index contributed by atoms with van der Waals surface area (Å²) in [5.74, 6) is 3.81. The number of carbonyl (C=O) groups is 6. The van der Waals surface area contributed by atoms with Gasteiger partial charge in [-0.2, -0.15) is 0 Å². The minimum Gasteiger partial charge on any atom is -0.384 e. The van der Waals surface area contributed by atoms with Gasteiger partial charge in [0.2, 0.25) is 11.8 Å². The van der Waals surface area contributed by atoms with Crippen molar-refractivity contribution >= 4 is 69.1 Å². The third-order valence-electron chi connectivity index (χ3n) is 26.2. The number of ether oxygens (including phenoxy) is 2. The normalized spacial score (nSPS) is 22.6. The molecule has 9 heterocycles. The zero-order valence-electron chi connectivity index (χ0n) is 67.7. The zero-order chi connectivity index (χ0) is 82.8. The molecule has 0 saturated heterocycles. The number of aliphatic hydroxyl groups is 1. The molecular weight excluding hydrogens is 1500 g/mol. The fourth-order valence-electron chi connectivity index (χ4n) is 20.0. The number of methoxy groups -OCH3 is 2. The van der Waals surface area contributed by atoms with Gasteiger partial charge < -0.3 is 47.7 Å². The molecule has 7 saturated carbocycles. The molecule has 19 rings (SSSR count). The van der Waals surface area contributed by atoms with Crippen LogP contribution in [0.1, 0.15) is 198 Å². The van der Waals surface area contributed by atoms with Gasteiger partial charge in [0.15, 0.2) is 17.3 Å². The Labute approximate surface area is 688 Å². The number of nitrogen functional groups attached to an aromatic ring is 3. The highest BCUT2D eigenvalue weighted by Crippen LogP contribution is 2.61. The van der Waals surface area contributed by atoms with Gasteiger partial charge in [0.1, 0.15) is 80.8 Å². The number of ketones is 3. The van der Waals surface area contributed by atoms with Gasteiger partial charge in [-0.05, 0) is 183 Å². The van der Waals surface area contributed by atoms with Gasteiger partial charge in [-0.15, -0.1) is 0 Å². The Morgan fingerprint density at radius 2 is 0.723 bits per heavy atom. The molecule has 7 fully saturated rings. The lowest BCUT2D eigenvalue weighted by Gasteiger charge is -2.29. The number of rotatable bonds is 24. The monoisotopic (exact) mass is 1600 g/mol. The molecule has 0 unspecified atom stereocenters. The number of hydrogen-bond acceptors (Lipinski definition) is 21. The molecule has 0 atom stereocenters. The molecule has 9 aromatic heterocycles. The van der Waals surface area contributed by atoms with Crippen LogP contribution in [-0.2, 0) is 59.4 Å². The first-order chi connectivity index (χ1) is 57.3. The quantitative estimate of drug-likeness (QED) is 0.0276. The molecule has 12 aromatic rings. The predicted octanol–water partition coefficient (Wildman–Crippen LogP) is 11.7. The molecule has 3 amide bonds. The molecule has 610 valence electrons. The molecular formula is C92H98N18O9. The lowest BCUT2D eigenvalue weighted by molar-refractivity contribution is -0.133. The van der Waals surface area contributed by atoms with E-state index in [9.17, 15) is 33.9 Å². The molecule has 10 N–H and O–H groups in total. The number of Topliss-reactive ketones (excluding diaryl/α,β-unsaturated/α-hetero) is 3. The van der Waals surface area contributed by atoms with Crippen LogP contribution in [0.25, 0.3) is 50.3 Å². The smallest absolute Gasteiger partial charge is 0.252 e. The van der Waals surface area contributed by atoms with Gasteiger partial charge in [0.25, 0.3) is 5.91 Å². The maximum Gasteiger partial charge on any atom is 0.252 e. The van der Waals surface area contributed by atoms with E-state index in [2.05, 4.69) is 59.1 Å². The van der Waals surface area contributed by atoms with Crippen LogP contribution in [0.5, 0.6) is 0 Å². The first-order valence-corrected chi connectivity index (χ1v) is 41.0. The summed E-state index contributed by atoms with van der Waals surface area (Å²) in [5, 5.41) is 20.1. The van der Waals surface area contributed by atoms with Gasteiger partial charge >= 0.3 is 0 Å². The Bertz CT molecular complexity index is 5960. The molecule has 0 radical (unpaired) electrons.